The Morgan fingerprint density at radius 3 is 2.27 bits per heavy atom. The van der Waals surface area contributed by atoms with E-state index in [-0.39, 0.29) is 24.6 Å². The maximum atomic E-state index is 13.9. The summed E-state index contributed by atoms with van der Waals surface area (Å²) in [6.45, 7) is 10.8. The lowest BCUT2D eigenvalue weighted by Crippen LogP contribution is -2.59. The summed E-state index contributed by atoms with van der Waals surface area (Å²) >= 11 is 0. The van der Waals surface area contributed by atoms with Gasteiger partial charge in [0.15, 0.2) is 5.82 Å². The van der Waals surface area contributed by atoms with E-state index in [2.05, 4.69) is 27.9 Å². The van der Waals surface area contributed by atoms with Gasteiger partial charge in [0, 0.05) is 19.3 Å². The lowest BCUT2D eigenvalue weighted by atomic mass is 9.97. The smallest absolute Gasteiger partial charge is 0.416 e. The third-order valence-corrected chi connectivity index (χ3v) is 8.41. The number of hydrogen-bond acceptors (Lipinski definition) is 7. The number of ether oxygens (including phenoxy) is 2. The Labute approximate surface area is 301 Å². The van der Waals surface area contributed by atoms with E-state index in [1.54, 1.807) is 25.7 Å². The molecule has 282 valence electrons. The first-order valence-electron chi connectivity index (χ1n) is 17.1. The van der Waals surface area contributed by atoms with Crippen molar-refractivity contribution in [2.45, 2.75) is 90.4 Å². The van der Waals surface area contributed by atoms with Gasteiger partial charge in [-0.2, -0.15) is 13.2 Å². The van der Waals surface area contributed by atoms with Crippen LogP contribution in [0.3, 0.4) is 0 Å². The van der Waals surface area contributed by atoms with E-state index < -0.39 is 58.8 Å². The highest BCUT2D eigenvalue weighted by molar-refractivity contribution is 5.98. The highest BCUT2D eigenvalue weighted by Gasteiger charge is 2.36. The quantitative estimate of drug-likeness (QED) is 0.217. The van der Waals surface area contributed by atoms with Gasteiger partial charge in [-0.05, 0) is 76.6 Å². The third kappa shape index (κ3) is 11.3. The van der Waals surface area contributed by atoms with E-state index in [1.165, 1.54) is 43.1 Å². The Balaban J connectivity index is 1.57. The number of hydrogen-bond donors (Lipinski definition) is 3. The number of amides is 4. The monoisotopic (exact) mass is 728 g/mol. The van der Waals surface area contributed by atoms with Crippen molar-refractivity contribution in [3.8, 4) is 0 Å². The lowest BCUT2D eigenvalue weighted by Gasteiger charge is -2.33. The van der Waals surface area contributed by atoms with Crippen LogP contribution >= 0.6 is 0 Å². The van der Waals surface area contributed by atoms with Crippen molar-refractivity contribution in [2.75, 3.05) is 25.0 Å². The van der Waals surface area contributed by atoms with E-state index in [0.29, 0.717) is 19.0 Å². The number of aromatic nitrogens is 2. The summed E-state index contributed by atoms with van der Waals surface area (Å²) in [6, 6.07) is 11.3. The van der Waals surface area contributed by atoms with Crippen LogP contribution in [0.1, 0.15) is 77.1 Å². The van der Waals surface area contributed by atoms with Gasteiger partial charge in [-0.3, -0.25) is 14.4 Å². The molecule has 4 rings (SSSR count). The molecule has 0 aliphatic carbocycles. The molecule has 2 aromatic carbocycles. The first kappa shape index (κ1) is 39.9. The van der Waals surface area contributed by atoms with E-state index in [1.807, 2.05) is 30.3 Å². The van der Waals surface area contributed by atoms with Crippen LogP contribution in [0.2, 0.25) is 0 Å². The summed E-state index contributed by atoms with van der Waals surface area (Å²) in [5.74, 6) is -1.45. The van der Waals surface area contributed by atoms with Crippen molar-refractivity contribution >= 4 is 29.6 Å². The lowest BCUT2D eigenvalue weighted by molar-refractivity contribution is -0.138. The molecular weight excluding hydrogens is 681 g/mol. The van der Waals surface area contributed by atoms with Gasteiger partial charge in [-0.25, -0.2) is 9.78 Å². The number of rotatable bonds is 12. The molecular formula is C37H47F3N6O6. The summed E-state index contributed by atoms with van der Waals surface area (Å²) in [6.07, 6.45) is -1.32. The van der Waals surface area contributed by atoms with Crippen LogP contribution in [0, 0.1) is 5.92 Å². The van der Waals surface area contributed by atoms with E-state index in [0.717, 1.165) is 30.5 Å². The van der Waals surface area contributed by atoms with Crippen molar-refractivity contribution in [3.63, 3.8) is 0 Å². The SMILES string of the molecule is CC1CCN(C(=O)C(c2cccc(C(F)(F)F)c2)n2cnc(NC(=O)C(COCc3ccccc3)NC(=O)C(C)(C)NC(=O)OC(C)(C)C)c2)CC1. The summed E-state index contributed by atoms with van der Waals surface area (Å²) < 4.78 is 53.5. The maximum Gasteiger partial charge on any atom is 0.416 e. The van der Waals surface area contributed by atoms with Crippen LogP contribution in [0.4, 0.5) is 23.8 Å². The Kier molecular flexibility index (Phi) is 12.7. The molecule has 1 aliphatic rings. The molecule has 0 saturated carbocycles. The van der Waals surface area contributed by atoms with Gasteiger partial charge in [0.2, 0.25) is 11.8 Å². The standard InChI is InChI=1S/C37H47F3N6O6/c1-24-15-17-45(18-16-24)32(48)30(26-13-10-14-27(19-26)37(38,39)40)46-20-29(41-23-46)43-31(47)28(22-51-21-25-11-8-7-9-12-25)42-33(49)36(5,6)44-34(50)52-35(2,3)4/h7-14,19-20,23-24,28,30H,15-18,21-22H2,1-6H3,(H,42,49)(H,43,47)(H,44,50). The van der Waals surface area contributed by atoms with Crippen LogP contribution in [0.5, 0.6) is 0 Å². The number of alkyl carbamates (subject to hydrolysis) is 1. The minimum absolute atomic E-state index is 0.0181. The summed E-state index contributed by atoms with van der Waals surface area (Å²) in [4.78, 5) is 59.3. The number of halogens is 3. The third-order valence-electron chi connectivity index (χ3n) is 8.41. The molecule has 0 bridgehead atoms. The second-order valence-corrected chi connectivity index (χ2v) is 14.5. The van der Waals surface area contributed by atoms with Gasteiger partial charge in [-0.1, -0.05) is 49.4 Å². The molecule has 1 aromatic heterocycles. The molecule has 1 fully saturated rings. The maximum absolute atomic E-state index is 13.9. The molecule has 3 aromatic rings. The van der Waals surface area contributed by atoms with E-state index >= 15 is 0 Å². The van der Waals surface area contributed by atoms with Crippen LogP contribution < -0.4 is 16.0 Å². The first-order chi connectivity index (χ1) is 24.3. The molecule has 2 atom stereocenters. The van der Waals surface area contributed by atoms with Gasteiger partial charge in [0.25, 0.3) is 5.91 Å². The number of benzene rings is 2. The zero-order valence-electron chi connectivity index (χ0n) is 30.3. The number of carbonyl (C=O) groups excluding carboxylic acids is 4. The highest BCUT2D eigenvalue weighted by Crippen LogP contribution is 2.33. The second kappa shape index (κ2) is 16.6. The summed E-state index contributed by atoms with van der Waals surface area (Å²) in [7, 11) is 0. The van der Waals surface area contributed by atoms with Gasteiger partial charge in [0.05, 0.1) is 25.1 Å². The van der Waals surface area contributed by atoms with Gasteiger partial charge in [0.1, 0.15) is 23.2 Å². The van der Waals surface area contributed by atoms with Crippen molar-refractivity contribution in [1.29, 1.82) is 0 Å². The first-order valence-corrected chi connectivity index (χ1v) is 17.1. The number of alkyl halides is 3. The minimum atomic E-state index is -4.63. The predicted octanol–water partition coefficient (Wildman–Crippen LogP) is 5.69. The van der Waals surface area contributed by atoms with Gasteiger partial charge < -0.3 is 34.9 Å². The fourth-order valence-corrected chi connectivity index (χ4v) is 5.49. The topological polar surface area (TPSA) is 144 Å². The molecule has 3 N–H and O–H groups in total. The zero-order chi connectivity index (χ0) is 38.3. The fourth-order valence-electron chi connectivity index (χ4n) is 5.49. The average Bonchev–Trinajstić information content (AvgIpc) is 3.51. The predicted molar refractivity (Wildman–Crippen MR) is 187 cm³/mol. The van der Waals surface area contributed by atoms with Crippen molar-refractivity contribution in [1.82, 2.24) is 25.1 Å². The molecule has 0 radical (unpaired) electrons. The summed E-state index contributed by atoms with van der Waals surface area (Å²) in [5, 5.41) is 7.75. The van der Waals surface area contributed by atoms with Crippen LogP contribution in [0.25, 0.3) is 0 Å². The number of carbonyl (C=O) groups is 4. The molecule has 12 nitrogen and oxygen atoms in total. The molecule has 2 unspecified atom stereocenters. The zero-order valence-corrected chi connectivity index (χ0v) is 30.3. The Morgan fingerprint density at radius 1 is 0.962 bits per heavy atom. The molecule has 1 saturated heterocycles. The fraction of sp³-hybridized carbons (Fsp3) is 0.486. The normalized spacial score (nSPS) is 15.4. The Bertz CT molecular complexity index is 1700. The van der Waals surface area contributed by atoms with Crippen LogP contribution in [-0.2, 0) is 36.6 Å². The molecule has 52 heavy (non-hydrogen) atoms. The van der Waals surface area contributed by atoms with Crippen molar-refractivity contribution in [3.05, 3.63) is 83.8 Å². The van der Waals surface area contributed by atoms with Gasteiger partial charge >= 0.3 is 12.3 Å². The average molecular weight is 729 g/mol. The van der Waals surface area contributed by atoms with E-state index in [4.69, 9.17) is 9.47 Å². The molecule has 15 heteroatoms. The van der Waals surface area contributed by atoms with Crippen molar-refractivity contribution < 1.29 is 41.8 Å². The Hall–Kier alpha value is -4.92. The minimum Gasteiger partial charge on any atom is -0.444 e. The number of likely N-dealkylation sites (tertiary alicyclic amines) is 1. The molecule has 0 spiro atoms. The number of piperidine rings is 1. The van der Waals surface area contributed by atoms with Crippen LogP contribution in [0.15, 0.2) is 67.1 Å². The number of nitrogens with zero attached hydrogens (tertiary/aromatic N) is 3. The number of imidazole rings is 1. The largest absolute Gasteiger partial charge is 0.444 e. The molecule has 2 heterocycles. The molecule has 1 aliphatic heterocycles. The number of anilines is 1. The molecule has 4 amide bonds. The second-order valence-electron chi connectivity index (χ2n) is 14.5. The Morgan fingerprint density at radius 2 is 1.63 bits per heavy atom. The van der Waals surface area contributed by atoms with Gasteiger partial charge in [-0.15, -0.1) is 0 Å². The van der Waals surface area contributed by atoms with Crippen molar-refractivity contribution in [2.24, 2.45) is 5.92 Å². The van der Waals surface area contributed by atoms with E-state index in [9.17, 15) is 32.3 Å². The summed E-state index contributed by atoms with van der Waals surface area (Å²) in [5.41, 5.74) is -2.29. The highest BCUT2D eigenvalue weighted by atomic mass is 19.4. The number of nitrogens with one attached hydrogen (secondary N) is 3. The van der Waals surface area contributed by atoms with Crippen LogP contribution in [-0.4, -0.2) is 75.1 Å².